The van der Waals surface area contributed by atoms with Gasteiger partial charge in [-0.25, -0.2) is 4.98 Å². The molecule has 1 amide bonds. The third-order valence-electron chi connectivity index (χ3n) is 4.90. The van der Waals surface area contributed by atoms with Gasteiger partial charge < -0.3 is 10.1 Å². The van der Waals surface area contributed by atoms with Crippen molar-refractivity contribution in [1.82, 2.24) is 9.55 Å². The van der Waals surface area contributed by atoms with Gasteiger partial charge in [-0.2, -0.15) is 0 Å². The Bertz CT molecular complexity index is 1130. The lowest BCUT2D eigenvalue weighted by atomic mass is 10.1. The topological polar surface area (TPSA) is 73.2 Å². The molecule has 0 fully saturated rings. The number of hydrogen-bond acceptors (Lipinski definition) is 6. The summed E-state index contributed by atoms with van der Waals surface area (Å²) >= 11 is 2.87. The highest BCUT2D eigenvalue weighted by Crippen LogP contribution is 2.29. The molecule has 1 aliphatic heterocycles. The summed E-state index contributed by atoms with van der Waals surface area (Å²) in [4.78, 5) is 31.1. The van der Waals surface area contributed by atoms with Crippen LogP contribution < -0.4 is 15.6 Å². The second-order valence-electron chi connectivity index (χ2n) is 7.03. The number of anilines is 1. The van der Waals surface area contributed by atoms with Crippen molar-refractivity contribution in [3.63, 3.8) is 0 Å². The fraction of sp³-hybridized carbons (Fsp3) is 0.261. The van der Waals surface area contributed by atoms with E-state index in [0.29, 0.717) is 23.1 Å². The van der Waals surface area contributed by atoms with E-state index in [1.54, 1.807) is 29.5 Å². The average Bonchev–Trinajstić information content (AvgIpc) is 3.27. The molecule has 0 bridgehead atoms. The van der Waals surface area contributed by atoms with E-state index in [0.717, 1.165) is 34.7 Å². The zero-order valence-electron chi connectivity index (χ0n) is 17.2. The molecule has 0 saturated heterocycles. The van der Waals surface area contributed by atoms with Gasteiger partial charge in [-0.05, 0) is 24.1 Å². The number of ether oxygens (including phenoxy) is 1. The van der Waals surface area contributed by atoms with Gasteiger partial charge >= 0.3 is 0 Å². The largest absolute Gasteiger partial charge is 0.497 e. The van der Waals surface area contributed by atoms with Crippen LogP contribution >= 0.6 is 23.5 Å². The number of aromatic nitrogens is 2. The molecule has 4 rings (SSSR count). The summed E-state index contributed by atoms with van der Waals surface area (Å²) in [6.45, 7) is 0.531. The summed E-state index contributed by atoms with van der Waals surface area (Å²) in [6, 6.07) is 17.3. The summed E-state index contributed by atoms with van der Waals surface area (Å²) in [5.74, 6) is 1.57. The first-order chi connectivity index (χ1) is 15.1. The quantitative estimate of drug-likeness (QED) is 0.412. The Balaban J connectivity index is 1.49. The van der Waals surface area contributed by atoms with E-state index < -0.39 is 0 Å². The molecule has 2 aromatic carbocycles. The van der Waals surface area contributed by atoms with Crippen molar-refractivity contribution >= 4 is 35.1 Å². The Morgan fingerprint density at radius 1 is 1.23 bits per heavy atom. The molecule has 0 spiro atoms. The van der Waals surface area contributed by atoms with Crippen LogP contribution in [0.3, 0.4) is 0 Å². The number of hydrogen-bond donors (Lipinski definition) is 1. The van der Waals surface area contributed by atoms with E-state index in [1.165, 1.54) is 11.8 Å². The van der Waals surface area contributed by atoms with Crippen molar-refractivity contribution in [1.29, 1.82) is 0 Å². The molecule has 0 atom stereocenters. The first-order valence-electron chi connectivity index (χ1n) is 10.0. The Kier molecular flexibility index (Phi) is 6.99. The normalized spacial score (nSPS) is 12.4. The number of carbonyl (C=O) groups excluding carboxylic acids is 1. The number of fused-ring (bicyclic) bond motifs is 1. The number of nitrogens with one attached hydrogen (secondary N) is 1. The van der Waals surface area contributed by atoms with Crippen LogP contribution in [0.1, 0.15) is 11.3 Å². The highest BCUT2D eigenvalue weighted by Gasteiger charge is 2.22. The van der Waals surface area contributed by atoms with Crippen LogP contribution in [0.5, 0.6) is 5.75 Å². The Morgan fingerprint density at radius 3 is 2.87 bits per heavy atom. The molecular weight excluding hydrogens is 430 g/mol. The SMILES string of the molecule is COc1cccc(NC(=O)CSc2nc3c(c(=O)n2CCc2ccccc2)SCC3)c1. The number of benzene rings is 2. The molecule has 2 heterocycles. The van der Waals surface area contributed by atoms with Crippen LogP contribution in [-0.4, -0.2) is 34.1 Å². The van der Waals surface area contributed by atoms with Gasteiger partial charge in [-0.15, -0.1) is 11.8 Å². The smallest absolute Gasteiger partial charge is 0.268 e. The van der Waals surface area contributed by atoms with Crippen LogP contribution in [0, 0.1) is 0 Å². The molecule has 0 unspecified atom stereocenters. The van der Waals surface area contributed by atoms with Crippen molar-refractivity contribution in [3.05, 3.63) is 76.2 Å². The van der Waals surface area contributed by atoms with Crippen molar-refractivity contribution in [3.8, 4) is 5.75 Å². The maximum Gasteiger partial charge on any atom is 0.268 e. The molecule has 0 saturated carbocycles. The van der Waals surface area contributed by atoms with Gasteiger partial charge in [0.1, 0.15) is 5.75 Å². The number of thioether (sulfide) groups is 2. The van der Waals surface area contributed by atoms with Gasteiger partial charge in [0, 0.05) is 30.5 Å². The van der Waals surface area contributed by atoms with E-state index in [2.05, 4.69) is 17.4 Å². The van der Waals surface area contributed by atoms with Gasteiger partial charge in [0.15, 0.2) is 5.16 Å². The molecule has 1 aromatic heterocycles. The summed E-state index contributed by atoms with van der Waals surface area (Å²) in [7, 11) is 1.59. The van der Waals surface area contributed by atoms with Gasteiger partial charge in [-0.3, -0.25) is 14.2 Å². The van der Waals surface area contributed by atoms with Crippen molar-refractivity contribution in [2.75, 3.05) is 23.9 Å². The summed E-state index contributed by atoms with van der Waals surface area (Å²) in [6.07, 6.45) is 1.52. The van der Waals surface area contributed by atoms with E-state index in [9.17, 15) is 9.59 Å². The molecule has 6 nitrogen and oxygen atoms in total. The predicted molar refractivity (Wildman–Crippen MR) is 125 cm³/mol. The third-order valence-corrected chi connectivity index (χ3v) is 6.98. The average molecular weight is 454 g/mol. The summed E-state index contributed by atoms with van der Waals surface area (Å²) < 4.78 is 6.91. The first kappa shape index (κ1) is 21.5. The molecule has 160 valence electrons. The van der Waals surface area contributed by atoms with Gasteiger partial charge in [-0.1, -0.05) is 48.2 Å². The monoisotopic (exact) mass is 453 g/mol. The first-order valence-corrected chi connectivity index (χ1v) is 12.0. The molecule has 0 aliphatic carbocycles. The minimum atomic E-state index is -0.156. The number of nitrogens with zero attached hydrogens (tertiary/aromatic N) is 2. The van der Waals surface area contributed by atoms with E-state index in [-0.39, 0.29) is 17.2 Å². The Hall–Kier alpha value is -2.71. The summed E-state index contributed by atoms with van der Waals surface area (Å²) in [5, 5.41) is 3.47. The Labute approximate surface area is 189 Å². The molecular formula is C23H23N3O3S2. The van der Waals surface area contributed by atoms with Crippen LogP contribution in [-0.2, 0) is 24.2 Å². The van der Waals surface area contributed by atoms with Crippen molar-refractivity contribution < 1.29 is 9.53 Å². The lowest BCUT2D eigenvalue weighted by molar-refractivity contribution is -0.113. The maximum atomic E-state index is 13.1. The zero-order valence-corrected chi connectivity index (χ0v) is 18.8. The van der Waals surface area contributed by atoms with Crippen LogP contribution in [0.25, 0.3) is 0 Å². The number of amides is 1. The van der Waals surface area contributed by atoms with Crippen LogP contribution in [0.2, 0.25) is 0 Å². The predicted octanol–water partition coefficient (Wildman–Crippen LogP) is 3.87. The highest BCUT2D eigenvalue weighted by atomic mass is 32.2. The fourth-order valence-corrected chi connectivity index (χ4v) is 5.23. The van der Waals surface area contributed by atoms with Crippen LogP contribution in [0.15, 0.2) is 69.4 Å². The zero-order chi connectivity index (χ0) is 21.6. The minimum absolute atomic E-state index is 0.000801. The molecule has 0 radical (unpaired) electrons. The van der Waals surface area contributed by atoms with Crippen molar-refractivity contribution in [2.24, 2.45) is 0 Å². The van der Waals surface area contributed by atoms with Crippen molar-refractivity contribution in [2.45, 2.75) is 29.4 Å². The molecule has 3 aromatic rings. The fourth-order valence-electron chi connectivity index (χ4n) is 3.34. The minimum Gasteiger partial charge on any atom is -0.497 e. The Morgan fingerprint density at radius 2 is 2.06 bits per heavy atom. The molecule has 31 heavy (non-hydrogen) atoms. The molecule has 1 aliphatic rings. The standard InChI is InChI=1S/C23H23N3O3S2/c1-29-18-9-5-8-17(14-18)24-20(27)15-31-23-25-19-11-13-30-21(19)22(28)26(23)12-10-16-6-3-2-4-7-16/h2-9,14H,10-13,15H2,1H3,(H,24,27). The number of carbonyl (C=O) groups is 1. The van der Waals surface area contributed by atoms with Gasteiger partial charge in [0.2, 0.25) is 5.91 Å². The molecule has 8 heteroatoms. The second kappa shape index (κ2) is 10.1. The van der Waals surface area contributed by atoms with Gasteiger partial charge in [0.25, 0.3) is 5.56 Å². The lowest BCUT2D eigenvalue weighted by Crippen LogP contribution is -2.27. The second-order valence-corrected chi connectivity index (χ2v) is 9.08. The van der Waals surface area contributed by atoms with E-state index in [4.69, 9.17) is 9.72 Å². The number of methoxy groups -OCH3 is 1. The number of aryl methyl sites for hydroxylation is 2. The third kappa shape index (κ3) is 5.32. The highest BCUT2D eigenvalue weighted by molar-refractivity contribution is 8.00. The number of rotatable bonds is 8. The maximum absolute atomic E-state index is 13.1. The van der Waals surface area contributed by atoms with Gasteiger partial charge in [0.05, 0.1) is 23.5 Å². The molecule has 1 N–H and O–H groups in total. The summed E-state index contributed by atoms with van der Waals surface area (Å²) in [5.41, 5.74) is 2.68. The van der Waals surface area contributed by atoms with E-state index >= 15 is 0 Å². The van der Waals surface area contributed by atoms with E-state index in [1.807, 2.05) is 36.4 Å². The van der Waals surface area contributed by atoms with Crippen LogP contribution in [0.4, 0.5) is 5.69 Å². The lowest BCUT2D eigenvalue weighted by Gasteiger charge is -2.14.